The van der Waals surface area contributed by atoms with E-state index in [1.165, 1.54) is 11.8 Å². The number of ether oxygens (including phenoxy) is 1. The standard InChI is InChI=1S/C24H25NO2/c1-18-7-4-5-16-25(18)24(26)21-14-12-19(13-15-21)17-27-23-11-6-9-20-8-2-3-10-22(20)23/h2-3,6,8-15,18H,4-5,7,16-17H2,1H3/t18-/m0/s1. The Morgan fingerprint density at radius 1 is 1.00 bits per heavy atom. The van der Waals surface area contributed by atoms with Gasteiger partial charge in [-0.3, -0.25) is 4.79 Å². The third-order valence-electron chi connectivity index (χ3n) is 5.41. The van der Waals surface area contributed by atoms with E-state index in [4.69, 9.17) is 4.74 Å². The second-order valence-electron chi connectivity index (χ2n) is 7.31. The van der Waals surface area contributed by atoms with Crippen LogP contribution in [0.25, 0.3) is 10.8 Å². The van der Waals surface area contributed by atoms with Crippen LogP contribution in [0.1, 0.15) is 42.1 Å². The first-order valence-corrected chi connectivity index (χ1v) is 9.73. The molecule has 0 saturated carbocycles. The van der Waals surface area contributed by atoms with E-state index in [9.17, 15) is 4.79 Å². The minimum Gasteiger partial charge on any atom is -0.488 e. The number of nitrogens with zero attached hydrogens (tertiary/aromatic N) is 1. The molecule has 1 saturated heterocycles. The van der Waals surface area contributed by atoms with Gasteiger partial charge in [0, 0.05) is 23.5 Å². The lowest BCUT2D eigenvalue weighted by atomic mass is 10.0. The molecule has 3 aromatic rings. The maximum absolute atomic E-state index is 12.7. The summed E-state index contributed by atoms with van der Waals surface area (Å²) < 4.78 is 6.04. The van der Waals surface area contributed by atoms with Gasteiger partial charge in [-0.2, -0.15) is 0 Å². The van der Waals surface area contributed by atoms with Crippen LogP contribution in [0, 0.1) is 0 Å². The molecule has 0 radical (unpaired) electrons. The topological polar surface area (TPSA) is 29.5 Å². The zero-order chi connectivity index (χ0) is 18.6. The van der Waals surface area contributed by atoms with Gasteiger partial charge in [-0.05, 0) is 55.3 Å². The van der Waals surface area contributed by atoms with Crippen LogP contribution in [0.5, 0.6) is 5.75 Å². The zero-order valence-electron chi connectivity index (χ0n) is 15.7. The van der Waals surface area contributed by atoms with Crippen molar-refractivity contribution in [1.29, 1.82) is 0 Å². The lowest BCUT2D eigenvalue weighted by molar-refractivity contribution is 0.0635. The normalized spacial score (nSPS) is 17.1. The quantitative estimate of drug-likeness (QED) is 0.621. The van der Waals surface area contributed by atoms with Crippen LogP contribution < -0.4 is 4.74 Å². The highest BCUT2D eigenvalue weighted by Crippen LogP contribution is 2.26. The first-order chi connectivity index (χ1) is 13.2. The fourth-order valence-corrected chi connectivity index (χ4v) is 3.79. The highest BCUT2D eigenvalue weighted by molar-refractivity contribution is 5.94. The maximum atomic E-state index is 12.7. The first kappa shape index (κ1) is 17.6. The largest absolute Gasteiger partial charge is 0.488 e. The molecule has 0 aromatic heterocycles. The van der Waals surface area contributed by atoms with Crippen LogP contribution in [0.15, 0.2) is 66.7 Å². The summed E-state index contributed by atoms with van der Waals surface area (Å²) in [6, 6.07) is 22.5. The van der Waals surface area contributed by atoms with Gasteiger partial charge in [0.25, 0.3) is 5.91 Å². The smallest absolute Gasteiger partial charge is 0.254 e. The second kappa shape index (κ2) is 7.83. The molecule has 1 heterocycles. The van der Waals surface area contributed by atoms with Gasteiger partial charge in [-0.25, -0.2) is 0 Å². The van der Waals surface area contributed by atoms with Crippen molar-refractivity contribution in [3.8, 4) is 5.75 Å². The van der Waals surface area contributed by atoms with Crippen molar-refractivity contribution in [1.82, 2.24) is 4.90 Å². The zero-order valence-corrected chi connectivity index (χ0v) is 15.7. The number of carbonyl (C=O) groups excluding carboxylic acids is 1. The van der Waals surface area contributed by atoms with Gasteiger partial charge >= 0.3 is 0 Å². The molecule has 4 rings (SSSR count). The van der Waals surface area contributed by atoms with Gasteiger partial charge in [0.05, 0.1) is 0 Å². The molecule has 27 heavy (non-hydrogen) atoms. The lowest BCUT2D eigenvalue weighted by Crippen LogP contribution is -2.42. The molecule has 138 valence electrons. The molecule has 3 heteroatoms. The second-order valence-corrected chi connectivity index (χ2v) is 7.31. The number of benzene rings is 3. The van der Waals surface area contributed by atoms with Crippen molar-refractivity contribution in [2.24, 2.45) is 0 Å². The van der Waals surface area contributed by atoms with E-state index in [0.29, 0.717) is 12.6 Å². The summed E-state index contributed by atoms with van der Waals surface area (Å²) in [6.07, 6.45) is 3.42. The number of amides is 1. The Hall–Kier alpha value is -2.81. The lowest BCUT2D eigenvalue weighted by Gasteiger charge is -2.33. The summed E-state index contributed by atoms with van der Waals surface area (Å²) in [6.45, 7) is 3.50. The van der Waals surface area contributed by atoms with E-state index in [-0.39, 0.29) is 5.91 Å². The summed E-state index contributed by atoms with van der Waals surface area (Å²) in [5.41, 5.74) is 1.82. The molecule has 0 unspecified atom stereocenters. The number of carbonyl (C=O) groups is 1. The molecule has 1 aliphatic rings. The molecule has 1 fully saturated rings. The van der Waals surface area contributed by atoms with Crippen LogP contribution in [-0.4, -0.2) is 23.4 Å². The minimum atomic E-state index is 0.142. The van der Waals surface area contributed by atoms with Gasteiger partial charge in [-0.1, -0.05) is 48.5 Å². The first-order valence-electron chi connectivity index (χ1n) is 9.73. The summed E-state index contributed by atoms with van der Waals surface area (Å²) >= 11 is 0. The highest BCUT2D eigenvalue weighted by atomic mass is 16.5. The van der Waals surface area contributed by atoms with Crippen LogP contribution in [0.4, 0.5) is 0 Å². The molecule has 1 aliphatic heterocycles. The number of rotatable bonds is 4. The Morgan fingerprint density at radius 2 is 1.78 bits per heavy atom. The molecule has 1 amide bonds. The molecule has 3 aromatic carbocycles. The number of likely N-dealkylation sites (tertiary alicyclic amines) is 1. The summed E-state index contributed by atoms with van der Waals surface area (Å²) in [5.74, 6) is 1.03. The Morgan fingerprint density at radius 3 is 2.59 bits per heavy atom. The van der Waals surface area contributed by atoms with E-state index >= 15 is 0 Å². The van der Waals surface area contributed by atoms with Crippen molar-refractivity contribution in [2.75, 3.05) is 6.54 Å². The average molecular weight is 359 g/mol. The molecule has 0 spiro atoms. The van der Waals surface area contributed by atoms with Crippen molar-refractivity contribution in [3.63, 3.8) is 0 Å². The van der Waals surface area contributed by atoms with Crippen molar-refractivity contribution in [2.45, 2.75) is 38.8 Å². The predicted molar refractivity (Wildman–Crippen MR) is 109 cm³/mol. The number of hydrogen-bond donors (Lipinski definition) is 0. The molecular weight excluding hydrogens is 334 g/mol. The minimum absolute atomic E-state index is 0.142. The summed E-state index contributed by atoms with van der Waals surface area (Å²) in [4.78, 5) is 14.7. The SMILES string of the molecule is C[C@H]1CCCCN1C(=O)c1ccc(COc2cccc3ccccc23)cc1. The van der Waals surface area contributed by atoms with E-state index < -0.39 is 0 Å². The molecule has 0 N–H and O–H groups in total. The fraction of sp³-hybridized carbons (Fsp3) is 0.292. The van der Waals surface area contributed by atoms with Crippen LogP contribution >= 0.6 is 0 Å². The van der Waals surface area contributed by atoms with Crippen LogP contribution in [-0.2, 0) is 6.61 Å². The summed E-state index contributed by atoms with van der Waals surface area (Å²) in [7, 11) is 0. The van der Waals surface area contributed by atoms with Gasteiger partial charge in [0.1, 0.15) is 12.4 Å². The number of fused-ring (bicyclic) bond motifs is 1. The van der Waals surface area contributed by atoms with Gasteiger partial charge in [0.15, 0.2) is 0 Å². The molecule has 1 atom stereocenters. The van der Waals surface area contributed by atoms with Crippen molar-refractivity contribution >= 4 is 16.7 Å². The average Bonchev–Trinajstić information content (AvgIpc) is 2.72. The molecule has 0 aliphatic carbocycles. The third kappa shape index (κ3) is 3.82. The van der Waals surface area contributed by atoms with Gasteiger partial charge in [-0.15, -0.1) is 0 Å². The molecule has 3 nitrogen and oxygen atoms in total. The Balaban J connectivity index is 1.44. The Labute approximate surface area is 160 Å². The Bertz CT molecular complexity index is 927. The van der Waals surface area contributed by atoms with Crippen LogP contribution in [0.3, 0.4) is 0 Å². The monoisotopic (exact) mass is 359 g/mol. The third-order valence-corrected chi connectivity index (χ3v) is 5.41. The van der Waals surface area contributed by atoms with Crippen molar-refractivity contribution in [3.05, 3.63) is 77.9 Å². The fourth-order valence-electron chi connectivity index (χ4n) is 3.79. The maximum Gasteiger partial charge on any atom is 0.254 e. The molecule has 0 bridgehead atoms. The predicted octanol–water partition coefficient (Wildman–Crippen LogP) is 5.43. The number of hydrogen-bond acceptors (Lipinski definition) is 2. The molecular formula is C24H25NO2. The van der Waals surface area contributed by atoms with Crippen molar-refractivity contribution < 1.29 is 9.53 Å². The van der Waals surface area contributed by atoms with E-state index in [1.807, 2.05) is 53.4 Å². The van der Waals surface area contributed by atoms with E-state index in [2.05, 4.69) is 25.1 Å². The highest BCUT2D eigenvalue weighted by Gasteiger charge is 2.23. The van der Waals surface area contributed by atoms with Crippen LogP contribution in [0.2, 0.25) is 0 Å². The van der Waals surface area contributed by atoms with E-state index in [0.717, 1.165) is 41.6 Å². The number of piperidine rings is 1. The van der Waals surface area contributed by atoms with Gasteiger partial charge in [0.2, 0.25) is 0 Å². The Kier molecular flexibility index (Phi) is 5.10. The summed E-state index contributed by atoms with van der Waals surface area (Å²) in [5, 5.41) is 2.29. The van der Waals surface area contributed by atoms with Gasteiger partial charge < -0.3 is 9.64 Å². The van der Waals surface area contributed by atoms with E-state index in [1.54, 1.807) is 0 Å².